The number of nitrogens with one attached hydrogen (secondary N) is 1. The van der Waals surface area contributed by atoms with Crippen LogP contribution in [0.4, 0.5) is 5.69 Å². The van der Waals surface area contributed by atoms with E-state index in [1.807, 2.05) is 58.8 Å². The number of carbonyl (C=O) groups is 4. The van der Waals surface area contributed by atoms with Gasteiger partial charge in [-0.05, 0) is 74.3 Å². The van der Waals surface area contributed by atoms with Crippen LogP contribution in [-0.2, 0) is 35.1 Å². The van der Waals surface area contributed by atoms with Crippen molar-refractivity contribution in [2.45, 2.75) is 123 Å². The van der Waals surface area contributed by atoms with Crippen molar-refractivity contribution >= 4 is 29.2 Å². The van der Waals surface area contributed by atoms with Gasteiger partial charge in [0.25, 0.3) is 0 Å². The van der Waals surface area contributed by atoms with Crippen molar-refractivity contribution in [1.82, 2.24) is 20.0 Å². The Morgan fingerprint density at radius 3 is 2.15 bits per heavy atom. The summed E-state index contributed by atoms with van der Waals surface area (Å²) in [6.45, 7) is 14.5. The number of hydrogen-bond donors (Lipinski definition) is 2. The Kier molecular flexibility index (Phi) is 19.6. The van der Waals surface area contributed by atoms with Crippen LogP contribution in [0, 0.1) is 29.6 Å². The molecule has 0 bridgehead atoms. The SMILES string of the molecule is CC[C@H](C)C([C@@H](CC(=O)N1CCC[C@H]1[C@H](OC)[C@@H](C)C(=O)N[C@H](CN=[N+]=[N-])Cc1ccc(N)cc1)OC)N(C)C(=O)[C@@H](CC(=O)[C@H](C(C)C)N(C)C)C(C)C. The van der Waals surface area contributed by atoms with Crippen molar-refractivity contribution in [2.75, 3.05) is 54.2 Å². The Morgan fingerprint density at radius 1 is 1.00 bits per heavy atom. The van der Waals surface area contributed by atoms with E-state index in [-0.39, 0.29) is 72.7 Å². The molecule has 0 radical (unpaired) electrons. The zero-order valence-corrected chi connectivity index (χ0v) is 35.5. The van der Waals surface area contributed by atoms with Gasteiger partial charge in [0.15, 0.2) is 5.78 Å². The quantitative estimate of drug-likeness (QED) is 0.0647. The van der Waals surface area contributed by atoms with E-state index in [9.17, 15) is 19.2 Å². The van der Waals surface area contributed by atoms with Crippen molar-refractivity contribution in [3.8, 4) is 0 Å². The number of hydrogen-bond acceptors (Lipinski definition) is 9. The molecule has 0 spiro atoms. The van der Waals surface area contributed by atoms with Gasteiger partial charge >= 0.3 is 0 Å². The number of carbonyl (C=O) groups excluding carboxylic acids is 4. The molecule has 1 heterocycles. The molecule has 3 N–H and O–H groups in total. The number of azide groups is 1. The number of Topliss-reactive ketones (excluding diaryl/α,β-unsaturated/α-hetero) is 1. The highest BCUT2D eigenvalue weighted by Crippen LogP contribution is 2.31. The number of benzene rings is 1. The molecule has 0 aliphatic carbocycles. The lowest BCUT2D eigenvalue weighted by molar-refractivity contribution is -0.149. The topological polar surface area (TPSA) is 183 Å². The summed E-state index contributed by atoms with van der Waals surface area (Å²) in [6, 6.07) is 5.80. The molecule has 14 heteroatoms. The molecule has 1 aromatic carbocycles. The van der Waals surface area contributed by atoms with Crippen molar-refractivity contribution in [3.05, 3.63) is 40.3 Å². The summed E-state index contributed by atoms with van der Waals surface area (Å²) in [6.07, 6.45) is 1.57. The lowest BCUT2D eigenvalue weighted by Gasteiger charge is -2.41. The molecule has 1 aromatic rings. The molecule has 9 atom stereocenters. The minimum Gasteiger partial charge on any atom is -0.399 e. The average Bonchev–Trinajstić information content (AvgIpc) is 3.62. The molecule has 0 saturated carbocycles. The Balaban J connectivity index is 2.28. The first-order valence-electron chi connectivity index (χ1n) is 19.9. The van der Waals surface area contributed by atoms with Crippen LogP contribution in [0.5, 0.6) is 0 Å². The van der Waals surface area contributed by atoms with Gasteiger partial charge in [-0.15, -0.1) is 0 Å². The van der Waals surface area contributed by atoms with E-state index in [1.165, 1.54) is 0 Å². The third kappa shape index (κ3) is 13.2. The van der Waals surface area contributed by atoms with E-state index < -0.39 is 36.1 Å². The molecule has 1 aliphatic heterocycles. The summed E-state index contributed by atoms with van der Waals surface area (Å²) >= 11 is 0. The predicted molar refractivity (Wildman–Crippen MR) is 217 cm³/mol. The number of methoxy groups -OCH3 is 2. The first kappa shape index (κ1) is 47.4. The van der Waals surface area contributed by atoms with Gasteiger partial charge in [-0.2, -0.15) is 0 Å². The molecule has 310 valence electrons. The number of nitrogen functional groups attached to an aromatic ring is 1. The second-order valence-corrected chi connectivity index (χ2v) is 16.3. The van der Waals surface area contributed by atoms with Gasteiger partial charge in [-0.1, -0.05) is 72.1 Å². The lowest BCUT2D eigenvalue weighted by atomic mass is 9.83. The second-order valence-electron chi connectivity index (χ2n) is 16.3. The molecular formula is C41H70N8O6. The van der Waals surface area contributed by atoms with Gasteiger partial charge < -0.3 is 30.3 Å². The smallest absolute Gasteiger partial charge is 0.226 e. The summed E-state index contributed by atoms with van der Waals surface area (Å²) in [5.41, 5.74) is 16.4. The fourth-order valence-corrected chi connectivity index (χ4v) is 8.34. The normalized spacial score (nSPS) is 18.9. The predicted octanol–water partition coefficient (Wildman–Crippen LogP) is 5.34. The number of amides is 3. The van der Waals surface area contributed by atoms with E-state index in [0.717, 1.165) is 18.4 Å². The van der Waals surface area contributed by atoms with Gasteiger partial charge in [0.1, 0.15) is 0 Å². The van der Waals surface area contributed by atoms with E-state index in [4.69, 9.17) is 20.7 Å². The van der Waals surface area contributed by atoms with Crippen LogP contribution in [-0.4, -0.2) is 123 Å². The zero-order valence-electron chi connectivity index (χ0n) is 35.5. The third-order valence-corrected chi connectivity index (χ3v) is 11.5. The number of ether oxygens (including phenoxy) is 2. The molecule has 1 saturated heterocycles. The standard InChI is InChI=1S/C41H70N8O6/c1-13-27(6)38(48(10)41(53)32(25(2)3)22-34(50)37(26(4)5)47(8)9)35(54-11)23-36(51)49-20-14-15-33(49)39(55-12)28(7)40(52)45-31(24-44-46-43)21-29-16-18-30(42)19-17-29/h16-19,25-28,31-33,35,37-39H,13-15,20-24,42H2,1-12H3,(H,45,52)/t27-,28+,31-,32-,33-,35+,37-,38?,39+/m0/s1. The van der Waals surface area contributed by atoms with Crippen molar-refractivity contribution in [3.63, 3.8) is 0 Å². The molecule has 3 amide bonds. The Morgan fingerprint density at radius 2 is 1.64 bits per heavy atom. The largest absolute Gasteiger partial charge is 0.399 e. The monoisotopic (exact) mass is 771 g/mol. The second kappa shape index (κ2) is 22.7. The van der Waals surface area contributed by atoms with Crippen molar-refractivity contribution < 1.29 is 28.7 Å². The van der Waals surface area contributed by atoms with Gasteiger partial charge in [0.2, 0.25) is 17.7 Å². The van der Waals surface area contributed by atoms with E-state index >= 15 is 0 Å². The number of nitrogens with zero attached hydrogens (tertiary/aromatic N) is 6. The van der Waals surface area contributed by atoms with E-state index in [2.05, 4.69) is 29.2 Å². The fraction of sp³-hybridized carbons (Fsp3) is 0.756. The highest BCUT2D eigenvalue weighted by Gasteiger charge is 2.43. The Labute approximate surface area is 329 Å². The minimum atomic E-state index is -0.628. The van der Waals surface area contributed by atoms with Crippen LogP contribution >= 0.6 is 0 Å². The van der Waals surface area contributed by atoms with Gasteiger partial charge in [-0.3, -0.25) is 24.1 Å². The van der Waals surface area contributed by atoms with Gasteiger partial charge in [0, 0.05) is 63.3 Å². The highest BCUT2D eigenvalue weighted by molar-refractivity contribution is 5.90. The number of likely N-dealkylation sites (tertiary alicyclic amines) is 1. The Bertz CT molecular complexity index is 1420. The summed E-state index contributed by atoms with van der Waals surface area (Å²) < 4.78 is 12.0. The molecule has 55 heavy (non-hydrogen) atoms. The number of ketones is 1. The summed E-state index contributed by atoms with van der Waals surface area (Å²) in [5, 5.41) is 6.76. The Hall–Kier alpha value is -3.71. The van der Waals surface area contributed by atoms with E-state index in [1.54, 1.807) is 50.1 Å². The maximum atomic E-state index is 14.3. The van der Waals surface area contributed by atoms with Crippen LogP contribution in [0.15, 0.2) is 29.4 Å². The molecule has 0 aromatic heterocycles. The third-order valence-electron chi connectivity index (χ3n) is 11.5. The molecular weight excluding hydrogens is 701 g/mol. The van der Waals surface area contributed by atoms with Crippen LogP contribution in [0.1, 0.15) is 86.1 Å². The maximum Gasteiger partial charge on any atom is 0.226 e. The molecule has 1 unspecified atom stereocenters. The van der Waals surface area contributed by atoms with Crippen molar-refractivity contribution in [2.24, 2.45) is 34.7 Å². The number of anilines is 1. The molecule has 1 fully saturated rings. The first-order chi connectivity index (χ1) is 25.9. The molecule has 1 aliphatic rings. The first-order valence-corrected chi connectivity index (χ1v) is 19.9. The summed E-state index contributed by atoms with van der Waals surface area (Å²) in [4.78, 5) is 64.1. The van der Waals surface area contributed by atoms with Crippen molar-refractivity contribution in [1.29, 1.82) is 0 Å². The van der Waals surface area contributed by atoms with Gasteiger partial charge in [0.05, 0.1) is 42.7 Å². The zero-order chi connectivity index (χ0) is 41.6. The minimum absolute atomic E-state index is 0.00299. The maximum absolute atomic E-state index is 14.3. The van der Waals surface area contributed by atoms with Gasteiger partial charge in [-0.25, -0.2) is 0 Å². The fourth-order valence-electron chi connectivity index (χ4n) is 8.34. The van der Waals surface area contributed by atoms with Crippen LogP contribution in [0.2, 0.25) is 0 Å². The molecule has 2 rings (SSSR count). The van der Waals surface area contributed by atoms with E-state index in [0.29, 0.717) is 25.1 Å². The number of rotatable bonds is 23. The lowest BCUT2D eigenvalue weighted by Crippen LogP contribution is -2.54. The summed E-state index contributed by atoms with van der Waals surface area (Å²) in [7, 11) is 8.68. The van der Waals surface area contributed by atoms with Crippen LogP contribution in [0.3, 0.4) is 0 Å². The van der Waals surface area contributed by atoms with Crippen LogP contribution in [0.25, 0.3) is 10.4 Å². The number of likely N-dealkylation sites (N-methyl/N-ethyl adjacent to an activating group) is 2. The number of nitrogens with two attached hydrogens (primary N) is 1. The summed E-state index contributed by atoms with van der Waals surface area (Å²) in [5.74, 6) is -1.61. The van der Waals surface area contributed by atoms with Crippen LogP contribution < -0.4 is 11.1 Å². The molecule has 14 nitrogen and oxygen atoms in total. The average molecular weight is 771 g/mol. The highest BCUT2D eigenvalue weighted by atomic mass is 16.5.